The number of nitro benzene ring substituents is 3. The summed E-state index contributed by atoms with van der Waals surface area (Å²) in [6, 6.07) is 15.9. The Morgan fingerprint density at radius 3 is 1.14 bits per heavy atom. The molecule has 0 bridgehead atoms. The number of benzene rings is 3. The van der Waals surface area contributed by atoms with E-state index in [1.54, 1.807) is 55.4 Å². The summed E-state index contributed by atoms with van der Waals surface area (Å²) in [5, 5.41) is 49.0. The van der Waals surface area contributed by atoms with Gasteiger partial charge in [0.2, 0.25) is 0 Å². The third-order valence-electron chi connectivity index (χ3n) is 5.25. The molecule has 0 aliphatic rings. The third kappa shape index (κ3) is 23.1. The van der Waals surface area contributed by atoms with Gasteiger partial charge in [0.15, 0.2) is 11.2 Å². The first-order chi connectivity index (χ1) is 22.8. The SMILES string of the molecule is C#CC(C)(C)O.C#CC(C)(C)Oc1ccc([N+](=O)[O-])cc1.CC(C)(O)C#CC(C)(C)Oc1ccc([N+](=O)[O-])cc1.O=[N+]([O-])c1ccc(F)cc1.[H-].[Na+]. The van der Waals surface area contributed by atoms with Crippen molar-refractivity contribution in [1.82, 2.24) is 0 Å². The molecule has 0 aliphatic carbocycles. The predicted molar refractivity (Wildman–Crippen MR) is 188 cm³/mol. The van der Waals surface area contributed by atoms with E-state index in [1.165, 1.54) is 48.5 Å². The molecule has 0 fully saturated rings. The molecule has 0 saturated carbocycles. The zero-order valence-electron chi connectivity index (χ0n) is 31.0. The second kappa shape index (κ2) is 21.3. The van der Waals surface area contributed by atoms with Crippen molar-refractivity contribution in [3.05, 3.63) is 109 Å². The number of nitrogens with zero attached hydrogens (tertiary/aromatic N) is 3. The van der Waals surface area contributed by atoms with Crippen LogP contribution in [0.15, 0.2) is 72.8 Å². The number of terminal acetylenes is 2. The summed E-state index contributed by atoms with van der Waals surface area (Å²) in [6.07, 6.45) is 10.1. The van der Waals surface area contributed by atoms with Crippen LogP contribution in [-0.2, 0) is 0 Å². The number of hydrogen-bond donors (Lipinski definition) is 2. The van der Waals surface area contributed by atoms with Crippen molar-refractivity contribution < 1.29 is 69.8 Å². The average Bonchev–Trinajstić information content (AvgIpc) is 3.01. The fourth-order valence-corrected chi connectivity index (χ4v) is 2.78. The summed E-state index contributed by atoms with van der Waals surface area (Å²) in [6.45, 7) is 13.3. The van der Waals surface area contributed by atoms with Gasteiger partial charge in [-0.25, -0.2) is 4.39 Å². The monoisotopic (exact) mass is 717 g/mol. The number of ether oxygens (including phenoxy) is 2. The van der Waals surface area contributed by atoms with E-state index in [4.69, 9.17) is 27.4 Å². The Morgan fingerprint density at radius 2 is 0.882 bits per heavy atom. The molecule has 0 radical (unpaired) electrons. The van der Waals surface area contributed by atoms with E-state index >= 15 is 0 Å². The van der Waals surface area contributed by atoms with Crippen molar-refractivity contribution in [2.45, 2.75) is 77.8 Å². The Kier molecular flexibility index (Phi) is 20.1. The number of non-ortho nitro benzene ring substituents is 3. The van der Waals surface area contributed by atoms with Gasteiger partial charge in [-0.3, -0.25) is 30.3 Å². The zero-order valence-corrected chi connectivity index (χ0v) is 32.0. The van der Waals surface area contributed by atoms with Crippen LogP contribution in [0.2, 0.25) is 0 Å². The Hall–Kier alpha value is -5.01. The van der Waals surface area contributed by atoms with E-state index in [0.29, 0.717) is 11.5 Å². The molecule has 2 N–H and O–H groups in total. The number of halogens is 1. The van der Waals surface area contributed by atoms with Crippen molar-refractivity contribution in [2.24, 2.45) is 0 Å². The molecule has 15 heteroatoms. The van der Waals surface area contributed by atoms with Crippen LogP contribution >= 0.6 is 0 Å². The summed E-state index contributed by atoms with van der Waals surface area (Å²) < 4.78 is 23.2. The number of rotatable bonds is 7. The molecule has 0 saturated heterocycles. The first-order valence-electron chi connectivity index (χ1n) is 14.5. The topological polar surface area (TPSA) is 188 Å². The number of nitro groups is 3. The first kappa shape index (κ1) is 48.1. The van der Waals surface area contributed by atoms with Gasteiger partial charge >= 0.3 is 29.6 Å². The maximum atomic E-state index is 12.1. The first-order valence-corrected chi connectivity index (χ1v) is 14.5. The second-order valence-electron chi connectivity index (χ2n) is 12.1. The van der Waals surface area contributed by atoms with Crippen LogP contribution in [0.1, 0.15) is 56.8 Å². The summed E-state index contributed by atoms with van der Waals surface area (Å²) in [4.78, 5) is 29.4. The second-order valence-corrected chi connectivity index (χ2v) is 12.1. The van der Waals surface area contributed by atoms with E-state index in [2.05, 4.69) is 23.7 Å². The molecule has 268 valence electrons. The van der Waals surface area contributed by atoms with Gasteiger partial charge in [-0.1, -0.05) is 23.7 Å². The van der Waals surface area contributed by atoms with Gasteiger partial charge in [-0.05, 0) is 91.8 Å². The molecule has 0 amide bonds. The smallest absolute Gasteiger partial charge is 1.00 e. The van der Waals surface area contributed by atoms with E-state index < -0.39 is 43.0 Å². The summed E-state index contributed by atoms with van der Waals surface area (Å²) >= 11 is 0. The van der Waals surface area contributed by atoms with Gasteiger partial charge in [0.1, 0.15) is 28.5 Å². The van der Waals surface area contributed by atoms with Crippen molar-refractivity contribution in [1.29, 1.82) is 0 Å². The van der Waals surface area contributed by atoms with Crippen LogP contribution in [-0.4, -0.2) is 47.4 Å². The van der Waals surface area contributed by atoms with E-state index in [1.807, 2.05) is 0 Å². The quantitative estimate of drug-likeness (QED) is 0.156. The minimum absolute atomic E-state index is 0. The molecule has 0 aliphatic heterocycles. The molecule has 0 aromatic heterocycles. The molecule has 3 aromatic carbocycles. The minimum atomic E-state index is -1.09. The van der Waals surface area contributed by atoms with Crippen LogP contribution in [0.5, 0.6) is 11.5 Å². The molecule has 3 aromatic rings. The molecule has 3 rings (SSSR count). The number of aliphatic hydroxyl groups is 2. The summed E-state index contributed by atoms with van der Waals surface area (Å²) in [5.41, 5.74) is -3.59. The van der Waals surface area contributed by atoms with Crippen LogP contribution in [0.3, 0.4) is 0 Å². The van der Waals surface area contributed by atoms with E-state index in [9.17, 15) is 39.8 Å². The van der Waals surface area contributed by atoms with Gasteiger partial charge in [-0.2, -0.15) is 0 Å². The Labute approximate surface area is 320 Å². The van der Waals surface area contributed by atoms with Crippen LogP contribution in [0.25, 0.3) is 0 Å². The standard InChI is InChI=1S/C14H17NO4.C11H11NO3.C6H4FNO2.C5H8O.Na.H/c1-13(2,16)9-10-14(3,4)19-12-7-5-11(6-8-12)15(17)18;1-4-11(2,3)15-10-7-5-9(6-8-10)12(13)14;7-5-1-3-6(4-2-5)8(9)10;1-4-5(2,3)6;;/h5-8,16H,1-4H3;1,5-8H,2-3H3;1-4H;1,6H,2-3H3;;/q;;;;+1;-1. The molecule has 0 heterocycles. The molecule has 0 atom stereocenters. The largest absolute Gasteiger partial charge is 1.00 e. The Bertz CT molecular complexity index is 1730. The Morgan fingerprint density at radius 1 is 0.588 bits per heavy atom. The normalized spacial score (nSPS) is 10.4. The minimum Gasteiger partial charge on any atom is -1.00 e. The predicted octanol–water partition coefficient (Wildman–Crippen LogP) is 4.15. The van der Waals surface area contributed by atoms with Crippen molar-refractivity contribution in [3.8, 4) is 48.0 Å². The molecular weight excluding hydrogens is 676 g/mol. The van der Waals surface area contributed by atoms with Crippen LogP contribution in [0, 0.1) is 72.7 Å². The summed E-state index contributed by atoms with van der Waals surface area (Å²) in [5.74, 6) is 10.7. The number of hydrogen-bond acceptors (Lipinski definition) is 10. The van der Waals surface area contributed by atoms with Crippen molar-refractivity contribution in [3.63, 3.8) is 0 Å². The van der Waals surface area contributed by atoms with Gasteiger partial charge in [-0.15, -0.1) is 12.8 Å². The van der Waals surface area contributed by atoms with Gasteiger partial charge < -0.3 is 21.1 Å². The van der Waals surface area contributed by atoms with Crippen LogP contribution < -0.4 is 39.0 Å². The Balaban J connectivity index is -0.000000651. The zero-order chi connectivity index (χ0) is 38.9. The van der Waals surface area contributed by atoms with Crippen molar-refractivity contribution >= 4 is 17.1 Å². The van der Waals surface area contributed by atoms with Gasteiger partial charge in [0.25, 0.3) is 17.1 Å². The van der Waals surface area contributed by atoms with E-state index in [-0.39, 0.29) is 48.0 Å². The van der Waals surface area contributed by atoms with Crippen LogP contribution in [0.4, 0.5) is 21.5 Å². The third-order valence-corrected chi connectivity index (χ3v) is 5.25. The summed E-state index contributed by atoms with van der Waals surface area (Å²) in [7, 11) is 0. The molecule has 51 heavy (non-hydrogen) atoms. The fraction of sp³-hybridized carbons (Fsp3) is 0.333. The maximum Gasteiger partial charge on any atom is 1.00 e. The molecular formula is C36H41FN3NaO10. The van der Waals surface area contributed by atoms with Gasteiger partial charge in [0, 0.05) is 36.4 Å². The molecule has 0 spiro atoms. The maximum absolute atomic E-state index is 12.1. The molecule has 0 unspecified atom stereocenters. The average molecular weight is 718 g/mol. The molecule has 13 nitrogen and oxygen atoms in total. The van der Waals surface area contributed by atoms with E-state index in [0.717, 1.165) is 24.3 Å². The fourth-order valence-electron chi connectivity index (χ4n) is 2.78. The van der Waals surface area contributed by atoms with Crippen molar-refractivity contribution in [2.75, 3.05) is 0 Å². The van der Waals surface area contributed by atoms with Gasteiger partial charge in [0.05, 0.1) is 14.8 Å².